The second-order valence-corrected chi connectivity index (χ2v) is 23.2. The molecular weight excluding hydrogens is 1070 g/mol. The van der Waals surface area contributed by atoms with Crippen LogP contribution in [0.25, 0.3) is 16.9 Å². The minimum Gasteiger partial charge on any atom is -0.744 e. The Labute approximate surface area is 468 Å². The van der Waals surface area contributed by atoms with Crippen molar-refractivity contribution in [2.24, 2.45) is 0 Å². The fourth-order valence-electron chi connectivity index (χ4n) is 10.1. The third-order valence-electron chi connectivity index (χ3n) is 14.0. The summed E-state index contributed by atoms with van der Waals surface area (Å²) in [6.07, 6.45) is 17.2. The molecule has 21 heteroatoms. The van der Waals surface area contributed by atoms with Crippen molar-refractivity contribution in [1.82, 2.24) is 5.06 Å². The largest absolute Gasteiger partial charge is 0.744 e. The Morgan fingerprint density at radius 1 is 0.800 bits per heavy atom. The average Bonchev–Trinajstić information content (AvgIpc) is 3.85. The first-order valence-corrected chi connectivity index (χ1v) is 29.6. The van der Waals surface area contributed by atoms with Gasteiger partial charge in [0.25, 0.3) is 21.9 Å². The molecule has 430 valence electrons. The number of nitrogens with zero attached hydrogens (tertiary/aromatic N) is 3. The van der Waals surface area contributed by atoms with Crippen LogP contribution in [0.2, 0.25) is 0 Å². The molecule has 0 radical (unpaired) electrons. The van der Waals surface area contributed by atoms with Crippen LogP contribution in [0.4, 0.5) is 11.4 Å². The molecule has 1 atom stereocenters. The number of methoxy groups -OCH3 is 1. The highest BCUT2D eigenvalue weighted by molar-refractivity contribution is 7.86. The number of ether oxygens (including phenoxy) is 6. The highest BCUT2D eigenvalue weighted by Gasteiger charge is 2.48. The smallest absolute Gasteiger partial charge is 0.333 e. The summed E-state index contributed by atoms with van der Waals surface area (Å²) < 4.78 is 106. The minimum atomic E-state index is -4.90. The van der Waals surface area contributed by atoms with Crippen LogP contribution in [0.1, 0.15) is 88.5 Å². The van der Waals surface area contributed by atoms with Crippen molar-refractivity contribution < 1.29 is 78.2 Å². The number of hydroxylamine groups is 2. The van der Waals surface area contributed by atoms with Crippen molar-refractivity contribution in [1.29, 1.82) is 0 Å². The molecule has 4 heterocycles. The molecular formula is C59H71N3O16S2. The Balaban J connectivity index is 1.09. The van der Waals surface area contributed by atoms with Gasteiger partial charge in [0.2, 0.25) is 5.69 Å². The number of fused-ring (bicyclic) bond motifs is 3. The van der Waals surface area contributed by atoms with Gasteiger partial charge in [-0.1, -0.05) is 72.9 Å². The summed E-state index contributed by atoms with van der Waals surface area (Å²) in [5, 5.41) is 0.470. The van der Waals surface area contributed by atoms with E-state index in [-0.39, 0.29) is 50.6 Å². The number of carbonyl (C=O) groups excluding carboxylic acids is 3. The predicted octanol–water partition coefficient (Wildman–Crippen LogP) is 7.90. The normalized spacial score (nSPS) is 18.6. The van der Waals surface area contributed by atoms with Gasteiger partial charge in [0.1, 0.15) is 28.2 Å². The first kappa shape index (κ1) is 61.2. The molecule has 1 unspecified atom stereocenters. The lowest BCUT2D eigenvalue weighted by atomic mass is 9.75. The molecule has 0 saturated carbocycles. The molecule has 7 rings (SSSR count). The molecule has 0 spiro atoms. The predicted molar refractivity (Wildman–Crippen MR) is 301 cm³/mol. The number of imide groups is 1. The molecule has 3 aromatic carbocycles. The van der Waals surface area contributed by atoms with E-state index in [1.54, 1.807) is 29.9 Å². The number of anilines is 1. The number of benzene rings is 3. The van der Waals surface area contributed by atoms with Crippen LogP contribution in [0.3, 0.4) is 0 Å². The van der Waals surface area contributed by atoms with Crippen LogP contribution in [-0.2, 0) is 68.6 Å². The topological polar surface area (TPSA) is 237 Å². The lowest BCUT2D eigenvalue weighted by Gasteiger charge is -2.44. The Morgan fingerprint density at radius 2 is 1.44 bits per heavy atom. The van der Waals surface area contributed by atoms with Crippen molar-refractivity contribution in [3.8, 4) is 5.75 Å². The van der Waals surface area contributed by atoms with Gasteiger partial charge in [0, 0.05) is 85.5 Å². The maximum absolute atomic E-state index is 12.9. The summed E-state index contributed by atoms with van der Waals surface area (Å²) >= 11 is 0. The van der Waals surface area contributed by atoms with E-state index in [2.05, 4.69) is 43.9 Å². The second-order valence-electron chi connectivity index (χ2n) is 20.2. The van der Waals surface area contributed by atoms with Gasteiger partial charge in [-0.15, -0.1) is 5.06 Å². The van der Waals surface area contributed by atoms with E-state index in [4.69, 9.17) is 33.3 Å². The number of carbonyl (C=O) groups is 3. The van der Waals surface area contributed by atoms with E-state index in [0.29, 0.717) is 99.5 Å². The minimum absolute atomic E-state index is 0.00833. The Bertz CT molecular complexity index is 3180. The van der Waals surface area contributed by atoms with E-state index in [1.807, 2.05) is 67.6 Å². The molecule has 19 nitrogen and oxygen atoms in total. The third-order valence-corrected chi connectivity index (χ3v) is 15.6. The maximum Gasteiger partial charge on any atom is 0.333 e. The van der Waals surface area contributed by atoms with Crippen molar-refractivity contribution in [2.75, 3.05) is 90.3 Å². The van der Waals surface area contributed by atoms with Gasteiger partial charge in [0.15, 0.2) is 5.71 Å². The number of allylic oxidation sites excluding steroid dienone is 10. The second kappa shape index (κ2) is 27.9. The zero-order chi connectivity index (χ0) is 57.5. The van der Waals surface area contributed by atoms with Crippen molar-refractivity contribution >= 4 is 72.0 Å². The third kappa shape index (κ3) is 16.2. The summed E-state index contributed by atoms with van der Waals surface area (Å²) in [6.45, 7) is 13.4. The number of rotatable bonds is 30. The van der Waals surface area contributed by atoms with E-state index < -0.39 is 54.1 Å². The van der Waals surface area contributed by atoms with Crippen LogP contribution in [0.15, 0.2) is 120 Å². The number of hydrogen-bond donors (Lipinski definition) is 1. The van der Waals surface area contributed by atoms with Crippen LogP contribution in [0.5, 0.6) is 5.75 Å². The molecule has 0 aliphatic carbocycles. The monoisotopic (exact) mass is 1140 g/mol. The first-order chi connectivity index (χ1) is 38.2. The Morgan fingerprint density at radius 3 is 2.09 bits per heavy atom. The zero-order valence-corrected chi connectivity index (χ0v) is 47.6. The van der Waals surface area contributed by atoms with E-state index in [1.165, 1.54) is 18.2 Å². The van der Waals surface area contributed by atoms with Gasteiger partial charge in [-0.25, -0.2) is 13.2 Å². The van der Waals surface area contributed by atoms with Gasteiger partial charge < -0.3 is 42.7 Å². The quantitative estimate of drug-likeness (QED) is 0.0219. The van der Waals surface area contributed by atoms with Gasteiger partial charge >= 0.3 is 5.97 Å². The fourth-order valence-corrected chi connectivity index (χ4v) is 11.1. The standard InChI is InChI=1S/C59H71N3O16S2/c1-43-42-58(2,3)61(27-28-73-31-32-75-35-36-76-34-33-74-30-29-72-5)51-41-53-48(40-47(43)51)45(38-52(77-53)44-16-11-9-12-17-44)18-10-7-6-8-13-19-54-59(4,25-14-20-57(65)78-62-55(63)23-24-56(62)64)49-39-46(80(69,70)71)21-22-50(49)60(54)26-15-37-79(66,67)68/h6-13,16-19,21-22,38-42H,14-15,20,23-37H2,1-5H3,(H-,66,67,68,69,70,71). The Hall–Kier alpha value is -6.40. The van der Waals surface area contributed by atoms with Crippen LogP contribution >= 0.6 is 0 Å². The zero-order valence-electron chi connectivity index (χ0n) is 45.9. The first-order valence-electron chi connectivity index (χ1n) is 26.6. The summed E-state index contributed by atoms with van der Waals surface area (Å²) in [5.41, 5.74) is 6.12. The van der Waals surface area contributed by atoms with Crippen molar-refractivity contribution in [3.05, 3.63) is 138 Å². The molecule has 1 saturated heterocycles. The van der Waals surface area contributed by atoms with Crippen molar-refractivity contribution in [2.45, 2.75) is 82.1 Å². The lowest BCUT2D eigenvalue weighted by Crippen LogP contribution is -2.46. The van der Waals surface area contributed by atoms with Gasteiger partial charge in [-0.3, -0.25) is 14.1 Å². The molecule has 1 N–H and O–H groups in total. The molecule has 80 heavy (non-hydrogen) atoms. The molecule has 0 bridgehead atoms. The van der Waals surface area contributed by atoms with Gasteiger partial charge in [0.05, 0.1) is 81.1 Å². The van der Waals surface area contributed by atoms with Gasteiger partial charge in [-0.2, -0.15) is 13.0 Å². The molecule has 4 aliphatic heterocycles. The fraction of sp³-hybridized carbons (Fsp3) is 0.424. The van der Waals surface area contributed by atoms with E-state index >= 15 is 0 Å². The molecule has 1 fully saturated rings. The molecule has 3 aromatic rings. The van der Waals surface area contributed by atoms with Gasteiger partial charge in [-0.05, 0) is 76.0 Å². The SMILES string of the molecule is COCCOCCOCCOCCOCCN1c2cc3c(cc2C(C)=CC1(C)C)/C(=C/C=C/C=C/C=C/C1=[N+](CCCS(=O)(=O)O)c2ccc(S(=O)(=O)[O-])cc2C1(C)CCCC(=O)ON1C(=O)CCC1=O)C=C(c1ccccc1)O3. The summed E-state index contributed by atoms with van der Waals surface area (Å²) in [5.74, 6) is -1.23. The average molecular weight is 1140 g/mol. The van der Waals surface area contributed by atoms with Crippen LogP contribution in [-0.4, -0.2) is 150 Å². The molecule has 0 aromatic heterocycles. The van der Waals surface area contributed by atoms with E-state index in [0.717, 1.165) is 33.5 Å². The van der Waals surface area contributed by atoms with Crippen LogP contribution in [0, 0.1) is 0 Å². The summed E-state index contributed by atoms with van der Waals surface area (Å²) in [4.78, 5) is 44.1. The lowest BCUT2D eigenvalue weighted by molar-refractivity contribution is -0.437. The number of amides is 2. The van der Waals surface area contributed by atoms with Crippen molar-refractivity contribution in [3.63, 3.8) is 0 Å². The van der Waals surface area contributed by atoms with Crippen LogP contribution < -0.4 is 9.64 Å². The van der Waals surface area contributed by atoms with E-state index in [9.17, 15) is 40.3 Å². The molecule has 2 amide bonds. The maximum atomic E-state index is 12.9. The number of hydrogen-bond acceptors (Lipinski definition) is 16. The highest BCUT2D eigenvalue weighted by atomic mass is 32.2. The summed E-state index contributed by atoms with van der Waals surface area (Å²) in [7, 11) is -7.60. The summed E-state index contributed by atoms with van der Waals surface area (Å²) in [6, 6.07) is 18.1. The Kier molecular flexibility index (Phi) is 21.3. The highest BCUT2D eigenvalue weighted by Crippen LogP contribution is 2.47. The molecule has 4 aliphatic rings.